The first-order valence-electron chi connectivity index (χ1n) is 1.84. The lowest BCUT2D eigenvalue weighted by atomic mass is 10.8. The van der Waals surface area contributed by atoms with E-state index in [0.717, 1.165) is 0 Å². The summed E-state index contributed by atoms with van der Waals surface area (Å²) in [5.41, 5.74) is 0. The third kappa shape index (κ3) is 6.81. The largest absolute Gasteiger partial charge is 0.272 e. The summed E-state index contributed by atoms with van der Waals surface area (Å²) >= 11 is 5.18. The van der Waals surface area contributed by atoms with Crippen LogP contribution in [0.25, 0.3) is 0 Å². The van der Waals surface area contributed by atoms with Crippen LogP contribution in [-0.4, -0.2) is 21.5 Å². The van der Waals surface area contributed by atoms with E-state index in [4.69, 9.17) is 31.4 Å². The maximum absolute atomic E-state index is 8.38. The highest BCUT2D eigenvalue weighted by Gasteiger charge is 2.02. The van der Waals surface area contributed by atoms with Crippen molar-refractivity contribution >= 4 is 32.3 Å². The molecule has 0 amide bonds. The summed E-state index contributed by atoms with van der Waals surface area (Å²) in [5.74, 6) is 0.308. The summed E-state index contributed by atoms with van der Waals surface area (Å²) < 4.78 is 19.0. The highest BCUT2D eigenvalue weighted by atomic mass is 35.7. The predicted molar refractivity (Wildman–Crippen MR) is 37.4 cm³/mol. The van der Waals surface area contributed by atoms with Crippen LogP contribution in [0.5, 0.6) is 0 Å². The minimum Gasteiger partial charge on any atom is -0.272 e. The van der Waals surface area contributed by atoms with Gasteiger partial charge in [0.2, 0.25) is 0 Å². The van der Waals surface area contributed by atoms with Gasteiger partial charge in [-0.15, -0.1) is 11.6 Å². The van der Waals surface area contributed by atoms with Crippen molar-refractivity contribution in [3.8, 4) is 0 Å². The molecule has 0 aromatic rings. The van der Waals surface area contributed by atoms with Crippen molar-refractivity contribution in [1.29, 1.82) is 0 Å². The summed E-state index contributed by atoms with van der Waals surface area (Å²) in [6, 6.07) is 0. The molecular weight excluding hydrogens is 173 g/mol. The van der Waals surface area contributed by atoms with Crippen LogP contribution in [0.2, 0.25) is 0 Å². The van der Waals surface area contributed by atoms with E-state index in [1.54, 1.807) is 0 Å². The molecule has 0 aliphatic heterocycles. The highest BCUT2D eigenvalue weighted by molar-refractivity contribution is 8.41. The fourth-order valence-corrected chi connectivity index (χ4v) is 0.968. The van der Waals surface area contributed by atoms with Crippen LogP contribution in [0, 0.1) is 0 Å². The van der Waals surface area contributed by atoms with Crippen molar-refractivity contribution in [2.75, 3.05) is 12.4 Å². The highest BCUT2D eigenvalue weighted by Crippen LogP contribution is 2.38. The summed E-state index contributed by atoms with van der Waals surface area (Å²) in [6.45, 7) is 0.299. The minimum atomic E-state index is -3.05. The molecule has 3 nitrogen and oxygen atoms in total. The Bertz CT molecular complexity index is 65.5. The second-order valence-corrected chi connectivity index (χ2v) is 3.98. The summed E-state index contributed by atoms with van der Waals surface area (Å²) in [5, 5.41) is 0. The van der Waals surface area contributed by atoms with Gasteiger partial charge >= 0.3 is 0 Å². The summed E-state index contributed by atoms with van der Waals surface area (Å²) in [6.07, 6.45) is 0. The Hall–Kier alpha value is 0.810. The molecule has 0 radical (unpaired) electrons. The van der Waals surface area contributed by atoms with Gasteiger partial charge in [-0.25, -0.2) is 4.72 Å². The maximum atomic E-state index is 8.38. The number of nitrogens with one attached hydrogen (secondary N) is 1. The van der Waals surface area contributed by atoms with Crippen molar-refractivity contribution in [2.24, 2.45) is 0 Å². The molecule has 0 atom stereocenters. The Morgan fingerprint density at radius 2 is 2.00 bits per heavy atom. The van der Waals surface area contributed by atoms with Crippen LogP contribution < -0.4 is 4.72 Å². The molecule has 0 saturated heterocycles. The smallest absolute Gasteiger partial charge is 0.0424 e. The van der Waals surface area contributed by atoms with Crippen molar-refractivity contribution in [3.63, 3.8) is 0 Å². The lowest BCUT2D eigenvalue weighted by molar-refractivity contribution is 0.493. The molecule has 6 heteroatoms. The lowest BCUT2D eigenvalue weighted by Gasteiger charge is -2.22. The van der Waals surface area contributed by atoms with E-state index < -0.39 is 9.99 Å². The molecule has 3 N–H and O–H groups in total. The number of rotatable bonds is 3. The predicted octanol–water partition coefficient (Wildman–Crippen LogP) is 1.63. The van der Waals surface area contributed by atoms with Crippen molar-refractivity contribution in [2.45, 2.75) is 0 Å². The molecule has 0 aliphatic rings. The monoisotopic (exact) mass is 179 g/mol. The lowest BCUT2D eigenvalue weighted by Crippen LogP contribution is -2.17. The Kier molecular flexibility index (Phi) is 4.14. The molecule has 0 saturated carbocycles. The SMILES string of the molecule is OS(O)(Cl)NCCCl. The molecule has 52 valence electrons. The third-order valence-corrected chi connectivity index (χ3v) is 1.47. The van der Waals surface area contributed by atoms with Crippen molar-refractivity contribution in [1.82, 2.24) is 4.72 Å². The average molecular weight is 180 g/mol. The third-order valence-electron chi connectivity index (χ3n) is 0.380. The van der Waals surface area contributed by atoms with Crippen LogP contribution in [0.1, 0.15) is 0 Å². The molecule has 8 heavy (non-hydrogen) atoms. The molecule has 0 heterocycles. The molecule has 0 aliphatic carbocycles. The van der Waals surface area contributed by atoms with Gasteiger partial charge in [-0.1, -0.05) is 9.99 Å². The van der Waals surface area contributed by atoms with Crippen molar-refractivity contribution in [3.05, 3.63) is 0 Å². The van der Waals surface area contributed by atoms with Gasteiger partial charge in [0.05, 0.1) is 0 Å². The fourth-order valence-electron chi connectivity index (χ4n) is 0.168. The van der Waals surface area contributed by atoms with E-state index in [-0.39, 0.29) is 0 Å². The first-order valence-corrected chi connectivity index (χ1v) is 4.75. The maximum Gasteiger partial charge on any atom is 0.0424 e. The second kappa shape index (κ2) is 3.76. The van der Waals surface area contributed by atoms with E-state index in [0.29, 0.717) is 12.4 Å². The van der Waals surface area contributed by atoms with Gasteiger partial charge in [0.25, 0.3) is 0 Å². The zero-order valence-corrected chi connectivity index (χ0v) is 6.30. The molecule has 0 aromatic carbocycles. The topological polar surface area (TPSA) is 52.5 Å². The van der Waals surface area contributed by atoms with Crippen LogP contribution in [0.15, 0.2) is 0 Å². The molecule has 0 rings (SSSR count). The Morgan fingerprint density at radius 1 is 1.50 bits per heavy atom. The van der Waals surface area contributed by atoms with E-state index in [9.17, 15) is 0 Å². The van der Waals surface area contributed by atoms with Gasteiger partial charge in [-0.3, -0.25) is 9.11 Å². The molecule has 0 aromatic heterocycles. The quantitative estimate of drug-likeness (QED) is 0.578. The molecule has 0 unspecified atom stereocenters. The molecular formula is C2H7Cl2NO2S. The van der Waals surface area contributed by atoms with Crippen molar-refractivity contribution < 1.29 is 9.11 Å². The number of hydrogen-bond donors (Lipinski definition) is 3. The Labute approximate surface area is 59.0 Å². The van der Waals surface area contributed by atoms with Gasteiger partial charge < -0.3 is 0 Å². The van der Waals surface area contributed by atoms with E-state index in [1.807, 2.05) is 0 Å². The van der Waals surface area contributed by atoms with Gasteiger partial charge in [0.1, 0.15) is 0 Å². The van der Waals surface area contributed by atoms with Crippen LogP contribution in [-0.2, 0) is 0 Å². The second-order valence-electron chi connectivity index (χ2n) is 1.06. The van der Waals surface area contributed by atoms with Crippen LogP contribution in [0.3, 0.4) is 0 Å². The Morgan fingerprint density at radius 3 is 2.12 bits per heavy atom. The minimum absolute atomic E-state index is 0.299. The van der Waals surface area contributed by atoms with E-state index in [2.05, 4.69) is 4.72 Å². The van der Waals surface area contributed by atoms with E-state index in [1.165, 1.54) is 0 Å². The summed E-state index contributed by atoms with van der Waals surface area (Å²) in [4.78, 5) is 0. The standard InChI is InChI=1S/C2H7Cl2NO2S/c3-1-2-5-8(4,6)7/h5-7H,1-2H2. The molecule has 0 bridgehead atoms. The number of hydrogen-bond acceptors (Lipinski definition) is 3. The zero-order chi connectivity index (χ0) is 6.62. The number of halogens is 2. The molecule has 0 fully saturated rings. The normalized spacial score (nSPS) is 14.0. The van der Waals surface area contributed by atoms with Gasteiger partial charge in [0, 0.05) is 23.1 Å². The molecule has 0 spiro atoms. The number of alkyl halides is 1. The van der Waals surface area contributed by atoms with E-state index >= 15 is 0 Å². The van der Waals surface area contributed by atoms with Crippen LogP contribution >= 0.6 is 32.3 Å². The zero-order valence-electron chi connectivity index (χ0n) is 3.97. The summed E-state index contributed by atoms with van der Waals surface area (Å²) in [7, 11) is 1.89. The van der Waals surface area contributed by atoms with Gasteiger partial charge in [-0.05, 0) is 0 Å². The average Bonchev–Trinajstić information content (AvgIpc) is 1.59. The first kappa shape index (κ1) is 8.81. The Balaban J connectivity index is 3.11. The first-order chi connectivity index (χ1) is 3.56. The van der Waals surface area contributed by atoms with Gasteiger partial charge in [0.15, 0.2) is 0 Å². The van der Waals surface area contributed by atoms with Gasteiger partial charge in [-0.2, -0.15) is 0 Å². The fraction of sp³-hybridized carbons (Fsp3) is 1.00. The van der Waals surface area contributed by atoms with Crippen LogP contribution in [0.4, 0.5) is 0 Å².